The van der Waals surface area contributed by atoms with Gasteiger partial charge in [0.15, 0.2) is 0 Å². The average molecular weight is 172 g/mol. The minimum Gasteiger partial charge on any atom is -0.330 e. The Labute approximate surface area is 77.1 Å². The number of hydrogen-bond acceptors (Lipinski definition) is 2. The maximum Gasteiger partial charge on any atom is -0.00248 e. The average Bonchev–Trinajstić information content (AvgIpc) is 1.98. The van der Waals surface area contributed by atoms with Crippen LogP contribution in [0.3, 0.4) is 0 Å². The molecule has 0 unspecified atom stereocenters. The third kappa shape index (κ3) is 6.62. The molecule has 0 aliphatic heterocycles. The second kappa shape index (κ2) is 5.55. The van der Waals surface area contributed by atoms with E-state index in [2.05, 4.69) is 32.8 Å². The second-order valence-corrected chi connectivity index (χ2v) is 4.63. The molecule has 0 bridgehead atoms. The van der Waals surface area contributed by atoms with Crippen LogP contribution >= 0.6 is 0 Å². The summed E-state index contributed by atoms with van der Waals surface area (Å²) < 4.78 is 0. The zero-order chi connectivity index (χ0) is 9.61. The fourth-order valence-corrected chi connectivity index (χ4v) is 1.13. The molecule has 0 aromatic heterocycles. The Hall–Kier alpha value is -0.0800. The van der Waals surface area contributed by atoms with Crippen molar-refractivity contribution in [3.8, 4) is 0 Å². The highest BCUT2D eigenvalue weighted by Gasteiger charge is 2.14. The highest BCUT2D eigenvalue weighted by Crippen LogP contribution is 2.20. The van der Waals surface area contributed by atoms with Crippen LogP contribution in [-0.2, 0) is 0 Å². The molecule has 0 amide bonds. The van der Waals surface area contributed by atoms with Gasteiger partial charge in [0.25, 0.3) is 0 Å². The summed E-state index contributed by atoms with van der Waals surface area (Å²) >= 11 is 0. The lowest BCUT2D eigenvalue weighted by Crippen LogP contribution is -2.23. The van der Waals surface area contributed by atoms with E-state index in [0.29, 0.717) is 5.41 Å². The van der Waals surface area contributed by atoms with E-state index in [9.17, 15) is 0 Å². The van der Waals surface area contributed by atoms with E-state index >= 15 is 0 Å². The van der Waals surface area contributed by atoms with Crippen molar-refractivity contribution < 1.29 is 0 Å². The van der Waals surface area contributed by atoms with Gasteiger partial charge in [-0.3, -0.25) is 0 Å². The normalized spacial score (nSPS) is 12.5. The van der Waals surface area contributed by atoms with Crippen LogP contribution in [0.1, 0.15) is 33.1 Å². The first-order valence-corrected chi connectivity index (χ1v) is 4.83. The first-order chi connectivity index (χ1) is 5.48. The van der Waals surface area contributed by atoms with Crippen LogP contribution in [0, 0.1) is 5.41 Å². The maximum atomic E-state index is 5.64. The Balaban J connectivity index is 3.31. The molecule has 0 aromatic carbocycles. The SMILES string of the molecule is CN(C)CCCCC(C)(C)CN. The molecule has 0 radical (unpaired) electrons. The Morgan fingerprint density at radius 3 is 2.17 bits per heavy atom. The lowest BCUT2D eigenvalue weighted by Gasteiger charge is -2.22. The minimum absolute atomic E-state index is 0.340. The summed E-state index contributed by atoms with van der Waals surface area (Å²) in [5.41, 5.74) is 5.98. The number of nitrogens with two attached hydrogens (primary N) is 1. The van der Waals surface area contributed by atoms with E-state index < -0.39 is 0 Å². The Morgan fingerprint density at radius 2 is 1.75 bits per heavy atom. The molecular formula is C10H24N2. The Bertz CT molecular complexity index is 108. The molecule has 0 heterocycles. The van der Waals surface area contributed by atoms with Crippen LogP contribution in [0.2, 0.25) is 0 Å². The summed E-state index contributed by atoms with van der Waals surface area (Å²) in [4.78, 5) is 2.23. The largest absolute Gasteiger partial charge is 0.330 e. The van der Waals surface area contributed by atoms with Gasteiger partial charge in [-0.05, 0) is 45.4 Å². The molecule has 0 atom stereocenters. The van der Waals surface area contributed by atoms with Gasteiger partial charge in [-0.15, -0.1) is 0 Å². The predicted octanol–water partition coefficient (Wildman–Crippen LogP) is 1.70. The van der Waals surface area contributed by atoms with Gasteiger partial charge in [0.1, 0.15) is 0 Å². The molecule has 0 fully saturated rings. The van der Waals surface area contributed by atoms with Gasteiger partial charge in [-0.2, -0.15) is 0 Å². The molecule has 2 N–H and O–H groups in total. The van der Waals surface area contributed by atoms with Gasteiger partial charge in [0.05, 0.1) is 0 Å². The quantitative estimate of drug-likeness (QED) is 0.618. The van der Waals surface area contributed by atoms with Crippen molar-refractivity contribution in [2.45, 2.75) is 33.1 Å². The topological polar surface area (TPSA) is 29.3 Å². The molecule has 0 aromatic rings. The van der Waals surface area contributed by atoms with Crippen LogP contribution in [-0.4, -0.2) is 32.1 Å². The molecule has 74 valence electrons. The Kier molecular flexibility index (Phi) is 5.51. The van der Waals surface area contributed by atoms with Gasteiger partial charge in [0.2, 0.25) is 0 Å². The molecule has 2 nitrogen and oxygen atoms in total. The first-order valence-electron chi connectivity index (χ1n) is 4.83. The minimum atomic E-state index is 0.340. The van der Waals surface area contributed by atoms with Crippen molar-refractivity contribution in [2.75, 3.05) is 27.2 Å². The second-order valence-electron chi connectivity index (χ2n) is 4.63. The number of rotatable bonds is 6. The summed E-state index contributed by atoms with van der Waals surface area (Å²) in [6.45, 7) is 6.47. The smallest absolute Gasteiger partial charge is 0.00248 e. The van der Waals surface area contributed by atoms with Crippen LogP contribution in [0.5, 0.6) is 0 Å². The monoisotopic (exact) mass is 172 g/mol. The number of nitrogens with zero attached hydrogens (tertiary/aromatic N) is 1. The van der Waals surface area contributed by atoms with Gasteiger partial charge in [-0.25, -0.2) is 0 Å². The van der Waals surface area contributed by atoms with E-state index in [1.54, 1.807) is 0 Å². The Morgan fingerprint density at radius 1 is 1.17 bits per heavy atom. The van der Waals surface area contributed by atoms with Crippen LogP contribution in [0.15, 0.2) is 0 Å². The highest BCUT2D eigenvalue weighted by atomic mass is 15.0. The molecule has 0 aliphatic carbocycles. The fourth-order valence-electron chi connectivity index (χ4n) is 1.13. The standard InChI is InChI=1S/C10H24N2/c1-10(2,9-11)7-5-6-8-12(3)4/h5-9,11H2,1-4H3. The summed E-state index contributed by atoms with van der Waals surface area (Å²) in [5.74, 6) is 0. The maximum absolute atomic E-state index is 5.64. The molecule has 0 saturated heterocycles. The summed E-state index contributed by atoms with van der Waals surface area (Å²) in [6.07, 6.45) is 3.83. The lowest BCUT2D eigenvalue weighted by molar-refractivity contribution is 0.315. The highest BCUT2D eigenvalue weighted by molar-refractivity contribution is 4.68. The van der Waals surface area contributed by atoms with E-state index in [-0.39, 0.29) is 0 Å². The molecule has 0 rings (SSSR count). The van der Waals surface area contributed by atoms with Gasteiger partial charge in [-0.1, -0.05) is 20.3 Å². The molecule has 2 heteroatoms. The van der Waals surface area contributed by atoms with E-state index in [1.165, 1.54) is 25.8 Å². The van der Waals surface area contributed by atoms with Crippen LogP contribution in [0.4, 0.5) is 0 Å². The predicted molar refractivity (Wildman–Crippen MR) is 55.2 cm³/mol. The van der Waals surface area contributed by atoms with Crippen molar-refractivity contribution in [3.05, 3.63) is 0 Å². The summed E-state index contributed by atoms with van der Waals surface area (Å²) in [6, 6.07) is 0. The third-order valence-corrected chi connectivity index (χ3v) is 2.26. The van der Waals surface area contributed by atoms with Crippen molar-refractivity contribution in [2.24, 2.45) is 11.1 Å². The van der Waals surface area contributed by atoms with Crippen molar-refractivity contribution in [1.29, 1.82) is 0 Å². The zero-order valence-corrected chi connectivity index (χ0v) is 9.06. The van der Waals surface area contributed by atoms with Gasteiger partial charge in [0, 0.05) is 0 Å². The van der Waals surface area contributed by atoms with Crippen LogP contribution < -0.4 is 5.73 Å². The molecule has 0 saturated carbocycles. The molecule has 0 spiro atoms. The third-order valence-electron chi connectivity index (χ3n) is 2.26. The van der Waals surface area contributed by atoms with Crippen molar-refractivity contribution in [3.63, 3.8) is 0 Å². The van der Waals surface area contributed by atoms with E-state index in [0.717, 1.165) is 6.54 Å². The molecule has 12 heavy (non-hydrogen) atoms. The lowest BCUT2D eigenvalue weighted by atomic mass is 9.87. The number of hydrogen-bond donors (Lipinski definition) is 1. The summed E-state index contributed by atoms with van der Waals surface area (Å²) in [7, 11) is 4.24. The number of unbranched alkanes of at least 4 members (excludes halogenated alkanes) is 1. The van der Waals surface area contributed by atoms with E-state index in [1.807, 2.05) is 0 Å². The van der Waals surface area contributed by atoms with Crippen molar-refractivity contribution >= 4 is 0 Å². The van der Waals surface area contributed by atoms with Gasteiger partial charge >= 0.3 is 0 Å². The zero-order valence-electron chi connectivity index (χ0n) is 9.06. The summed E-state index contributed by atoms with van der Waals surface area (Å²) in [5, 5.41) is 0. The molecule has 0 aliphatic rings. The van der Waals surface area contributed by atoms with Gasteiger partial charge < -0.3 is 10.6 Å². The fraction of sp³-hybridized carbons (Fsp3) is 1.00. The molecular weight excluding hydrogens is 148 g/mol. The van der Waals surface area contributed by atoms with Crippen molar-refractivity contribution in [1.82, 2.24) is 4.90 Å². The first kappa shape index (κ1) is 11.9. The van der Waals surface area contributed by atoms with Crippen LogP contribution in [0.25, 0.3) is 0 Å². The van der Waals surface area contributed by atoms with E-state index in [4.69, 9.17) is 5.73 Å².